The van der Waals surface area contributed by atoms with Gasteiger partial charge in [-0.05, 0) is 96.3 Å². The van der Waals surface area contributed by atoms with Crippen molar-refractivity contribution in [3.05, 3.63) is 72.9 Å². The second kappa shape index (κ2) is 61.3. The molecule has 85 heavy (non-hydrogen) atoms. The Morgan fingerprint density at radius 3 is 1.25 bits per heavy atom. The van der Waals surface area contributed by atoms with Gasteiger partial charge in [0.05, 0.1) is 25.4 Å². The van der Waals surface area contributed by atoms with E-state index in [4.69, 9.17) is 14.2 Å². The van der Waals surface area contributed by atoms with Gasteiger partial charge < -0.3 is 45.1 Å². The average Bonchev–Trinajstić information content (AvgIpc) is 3.19. The van der Waals surface area contributed by atoms with Gasteiger partial charge in [-0.2, -0.15) is 0 Å². The molecule has 1 aliphatic rings. The monoisotopic (exact) mass is 1200 g/mol. The summed E-state index contributed by atoms with van der Waals surface area (Å²) in [6.07, 6.45) is 69.3. The molecule has 11 heteroatoms. The molecule has 1 fully saturated rings. The normalized spacial score (nSPS) is 18.8. The summed E-state index contributed by atoms with van der Waals surface area (Å²) >= 11 is 0. The van der Waals surface area contributed by atoms with Gasteiger partial charge in [-0.15, -0.1) is 0 Å². The third-order valence-corrected chi connectivity index (χ3v) is 16.6. The summed E-state index contributed by atoms with van der Waals surface area (Å²) in [4.78, 5) is 26.7. The largest absolute Gasteiger partial charge is 0.454 e. The summed E-state index contributed by atoms with van der Waals surface area (Å²) < 4.78 is 17.7. The van der Waals surface area contributed by atoms with Gasteiger partial charge in [-0.25, -0.2) is 0 Å². The van der Waals surface area contributed by atoms with Crippen LogP contribution < -0.4 is 5.32 Å². The minimum atomic E-state index is -1.62. The van der Waals surface area contributed by atoms with E-state index in [0.717, 1.165) is 96.3 Å². The quantitative estimate of drug-likeness (QED) is 0.0195. The van der Waals surface area contributed by atoms with Gasteiger partial charge in [0.1, 0.15) is 24.4 Å². The maximum atomic E-state index is 13.5. The average molecular weight is 1200 g/mol. The Morgan fingerprint density at radius 1 is 0.459 bits per heavy atom. The van der Waals surface area contributed by atoms with E-state index in [9.17, 15) is 35.1 Å². The number of hydrogen-bond donors (Lipinski definition) is 6. The van der Waals surface area contributed by atoms with Gasteiger partial charge in [0.25, 0.3) is 0 Å². The van der Waals surface area contributed by atoms with Crippen molar-refractivity contribution < 1.29 is 49.3 Å². The predicted octanol–water partition coefficient (Wildman–Crippen LogP) is 18.3. The number of amides is 1. The van der Waals surface area contributed by atoms with Crippen LogP contribution in [-0.4, -0.2) is 99.6 Å². The number of aliphatic hydroxyl groups excluding tert-OH is 5. The van der Waals surface area contributed by atoms with Gasteiger partial charge >= 0.3 is 5.97 Å². The summed E-state index contributed by atoms with van der Waals surface area (Å²) in [6, 6.07) is -1.03. The maximum Gasteiger partial charge on any atom is 0.306 e. The molecule has 1 saturated heterocycles. The minimum Gasteiger partial charge on any atom is -0.454 e. The standard InChI is InChI=1S/C74H133NO10/c1-4-7-10-13-16-19-22-25-27-29-31-33-35-36-38-40-43-46-49-52-55-58-61-67(78)73(82)75-65(66(77)60-57-54-51-48-45-42-24-21-18-15-12-9-6-3)64-83-74-72(71(81)70(80)68(63-76)84-74)85-69(79)62-59-56-53-50-47-44-41-39-37-34-32-30-28-26-23-20-17-14-11-8-5-2/h16,19,25-28,31,33,36,38,57,60,65-68,70-72,74,76-78,80-81H,4-15,17-18,20-24,29-30,32,34-35,37,39-56,58-59,61-64H2,1-3H3,(H,75,82)/b19-16-,27-25-,28-26+,33-31-,38-36-,60-57+. The van der Waals surface area contributed by atoms with E-state index in [2.05, 4.69) is 86.8 Å². The van der Waals surface area contributed by atoms with E-state index in [0.29, 0.717) is 12.8 Å². The minimum absolute atomic E-state index is 0.121. The highest BCUT2D eigenvalue weighted by atomic mass is 16.7. The number of hydrogen-bond acceptors (Lipinski definition) is 10. The highest BCUT2D eigenvalue weighted by Crippen LogP contribution is 2.26. The number of nitrogens with one attached hydrogen (secondary N) is 1. The highest BCUT2D eigenvalue weighted by Gasteiger charge is 2.47. The zero-order valence-corrected chi connectivity index (χ0v) is 55.0. The van der Waals surface area contributed by atoms with Crippen molar-refractivity contribution in [2.24, 2.45) is 0 Å². The zero-order chi connectivity index (χ0) is 61.7. The van der Waals surface area contributed by atoms with Gasteiger partial charge in [0.2, 0.25) is 5.91 Å². The van der Waals surface area contributed by atoms with Crippen LogP contribution in [0.15, 0.2) is 72.9 Å². The first kappa shape index (κ1) is 80.1. The lowest BCUT2D eigenvalue weighted by molar-refractivity contribution is -0.305. The van der Waals surface area contributed by atoms with E-state index in [1.54, 1.807) is 6.08 Å². The van der Waals surface area contributed by atoms with Crippen LogP contribution in [0.1, 0.15) is 323 Å². The molecule has 8 atom stereocenters. The van der Waals surface area contributed by atoms with E-state index in [1.165, 1.54) is 180 Å². The maximum absolute atomic E-state index is 13.5. The predicted molar refractivity (Wildman–Crippen MR) is 356 cm³/mol. The summed E-state index contributed by atoms with van der Waals surface area (Å²) in [7, 11) is 0. The number of unbranched alkanes of at least 4 members (excludes halogenated alkanes) is 37. The molecule has 0 saturated carbocycles. The summed E-state index contributed by atoms with van der Waals surface area (Å²) in [5.41, 5.74) is 0. The second-order valence-corrected chi connectivity index (χ2v) is 24.6. The molecular formula is C74H133NO10. The number of rotatable bonds is 61. The lowest BCUT2D eigenvalue weighted by atomic mass is 9.99. The van der Waals surface area contributed by atoms with Crippen LogP contribution in [0.4, 0.5) is 0 Å². The SMILES string of the molecule is CCCCC/C=C\C/C=C\C/C=C\C/C=C\CCCCCCCCC(O)C(=O)NC(COC1OC(CO)C(O)C(O)C1OC(=O)CCCCCCCCCCCCC/C=C/CCCCCCCC)C(O)/C=C/CCCCCCCCCCCCC. The van der Waals surface area contributed by atoms with Crippen molar-refractivity contribution in [2.45, 2.75) is 372 Å². The van der Waals surface area contributed by atoms with E-state index < -0.39 is 67.4 Å². The number of carbonyl (C=O) groups excluding carboxylic acids is 2. The first-order valence-corrected chi connectivity index (χ1v) is 35.7. The van der Waals surface area contributed by atoms with E-state index >= 15 is 0 Å². The Kier molecular flexibility index (Phi) is 57.8. The fraction of sp³-hybridized carbons (Fsp3) is 0.811. The molecule has 1 heterocycles. The van der Waals surface area contributed by atoms with Gasteiger partial charge in [0.15, 0.2) is 12.4 Å². The Labute approximate surface area is 521 Å². The van der Waals surface area contributed by atoms with Crippen molar-refractivity contribution in [1.82, 2.24) is 5.32 Å². The van der Waals surface area contributed by atoms with Crippen LogP contribution in [0.3, 0.4) is 0 Å². The van der Waals surface area contributed by atoms with Crippen LogP contribution in [0.2, 0.25) is 0 Å². The van der Waals surface area contributed by atoms with Gasteiger partial charge in [-0.1, -0.05) is 293 Å². The van der Waals surface area contributed by atoms with Crippen LogP contribution in [-0.2, 0) is 23.8 Å². The third kappa shape index (κ3) is 48.7. The smallest absolute Gasteiger partial charge is 0.306 e. The molecule has 0 aromatic heterocycles. The van der Waals surface area contributed by atoms with E-state index in [1.807, 2.05) is 6.08 Å². The molecule has 11 nitrogen and oxygen atoms in total. The molecular weight excluding hydrogens is 1060 g/mol. The first-order valence-electron chi connectivity index (χ1n) is 35.7. The number of allylic oxidation sites excluding steroid dienone is 11. The number of carbonyl (C=O) groups is 2. The Balaban J connectivity index is 2.62. The van der Waals surface area contributed by atoms with Crippen molar-refractivity contribution in [3.8, 4) is 0 Å². The molecule has 1 amide bonds. The number of ether oxygens (including phenoxy) is 3. The lowest BCUT2D eigenvalue weighted by Gasteiger charge is -2.41. The van der Waals surface area contributed by atoms with Crippen molar-refractivity contribution in [1.29, 1.82) is 0 Å². The summed E-state index contributed by atoms with van der Waals surface area (Å²) in [5, 5.41) is 57.3. The molecule has 8 unspecified atom stereocenters. The summed E-state index contributed by atoms with van der Waals surface area (Å²) in [6.45, 7) is 5.79. The molecule has 0 spiro atoms. The fourth-order valence-corrected chi connectivity index (χ4v) is 10.9. The van der Waals surface area contributed by atoms with Crippen LogP contribution in [0.5, 0.6) is 0 Å². The van der Waals surface area contributed by atoms with Crippen LogP contribution in [0, 0.1) is 0 Å². The van der Waals surface area contributed by atoms with Crippen LogP contribution in [0.25, 0.3) is 0 Å². The van der Waals surface area contributed by atoms with Crippen molar-refractivity contribution in [2.75, 3.05) is 13.2 Å². The van der Waals surface area contributed by atoms with Crippen molar-refractivity contribution >= 4 is 11.9 Å². The Hall–Kier alpha value is -2.90. The van der Waals surface area contributed by atoms with Crippen LogP contribution >= 0.6 is 0 Å². The molecule has 6 N–H and O–H groups in total. The molecule has 0 radical (unpaired) electrons. The topological polar surface area (TPSA) is 175 Å². The number of aliphatic hydroxyl groups is 5. The molecule has 0 bridgehead atoms. The molecule has 1 rings (SSSR count). The number of esters is 1. The third-order valence-electron chi connectivity index (χ3n) is 16.6. The first-order chi connectivity index (χ1) is 41.7. The molecule has 0 aromatic carbocycles. The molecule has 0 aromatic rings. The summed E-state index contributed by atoms with van der Waals surface area (Å²) in [5.74, 6) is -1.20. The molecule has 1 aliphatic heterocycles. The lowest BCUT2D eigenvalue weighted by Crippen LogP contribution is -2.61. The van der Waals surface area contributed by atoms with Gasteiger partial charge in [0, 0.05) is 6.42 Å². The van der Waals surface area contributed by atoms with Gasteiger partial charge in [-0.3, -0.25) is 9.59 Å². The highest BCUT2D eigenvalue weighted by molar-refractivity contribution is 5.80. The van der Waals surface area contributed by atoms with E-state index in [-0.39, 0.29) is 19.4 Å². The van der Waals surface area contributed by atoms with Crippen molar-refractivity contribution in [3.63, 3.8) is 0 Å². The zero-order valence-electron chi connectivity index (χ0n) is 55.0. The molecule has 494 valence electrons. The fourth-order valence-electron chi connectivity index (χ4n) is 10.9. The molecule has 0 aliphatic carbocycles. The Morgan fingerprint density at radius 2 is 0.812 bits per heavy atom. The Bertz CT molecular complexity index is 1660. The second-order valence-electron chi connectivity index (χ2n) is 24.6.